The lowest BCUT2D eigenvalue weighted by Crippen LogP contribution is -2.36. The topological polar surface area (TPSA) is 58.4 Å². The van der Waals surface area contributed by atoms with Crippen molar-refractivity contribution in [1.29, 1.82) is 0 Å². The molecule has 4 nitrogen and oxygen atoms in total. The molecule has 0 atom stereocenters. The number of carbonyl (C=O) groups is 1. The molecule has 1 heterocycles. The Kier molecular flexibility index (Phi) is 4.85. The van der Waals surface area contributed by atoms with Crippen LogP contribution < -0.4 is 11.1 Å². The number of rotatable bonds is 5. The first kappa shape index (κ1) is 15.8. The minimum absolute atomic E-state index is 0.0801. The van der Waals surface area contributed by atoms with E-state index in [1.54, 1.807) is 0 Å². The van der Waals surface area contributed by atoms with Crippen LogP contribution in [0.4, 0.5) is 5.69 Å². The zero-order chi connectivity index (χ0) is 15.6. The Hall–Kier alpha value is -1.59. The zero-order valence-electron chi connectivity index (χ0n) is 13.1. The minimum Gasteiger partial charge on any atom is -0.397 e. The van der Waals surface area contributed by atoms with E-state index >= 15 is 0 Å². The molecule has 1 amide bonds. The van der Waals surface area contributed by atoms with Gasteiger partial charge in [-0.3, -0.25) is 4.79 Å². The number of nitrogens with two attached hydrogens (primary N) is 1. The van der Waals surface area contributed by atoms with E-state index in [0.29, 0.717) is 23.2 Å². The Morgan fingerprint density at radius 2 is 2.14 bits per heavy atom. The van der Waals surface area contributed by atoms with Gasteiger partial charge in [0.1, 0.15) is 4.88 Å². The summed E-state index contributed by atoms with van der Waals surface area (Å²) < 4.78 is 1.06. The maximum Gasteiger partial charge on any atom is 0.263 e. The summed E-state index contributed by atoms with van der Waals surface area (Å²) in [7, 11) is 2.05. The Labute approximate surface area is 129 Å². The fourth-order valence-electron chi connectivity index (χ4n) is 2.08. The molecule has 0 radical (unpaired) electrons. The first-order valence-corrected chi connectivity index (χ1v) is 7.99. The summed E-state index contributed by atoms with van der Waals surface area (Å²) in [5, 5.41) is 3.93. The van der Waals surface area contributed by atoms with E-state index in [-0.39, 0.29) is 5.91 Å². The number of amides is 1. The summed E-state index contributed by atoms with van der Waals surface area (Å²) in [4.78, 5) is 15.1. The number of hydrogen-bond acceptors (Lipinski definition) is 4. The molecule has 1 aromatic heterocycles. The molecule has 5 heteroatoms. The van der Waals surface area contributed by atoms with Crippen molar-refractivity contribution in [1.82, 2.24) is 10.2 Å². The Balaban J connectivity index is 2.08. The van der Waals surface area contributed by atoms with Crippen LogP contribution in [0, 0.1) is 6.92 Å². The molecule has 1 aromatic carbocycles. The maximum absolute atomic E-state index is 12.3. The van der Waals surface area contributed by atoms with Crippen molar-refractivity contribution in [2.24, 2.45) is 0 Å². The van der Waals surface area contributed by atoms with Crippen LogP contribution in [0.15, 0.2) is 18.2 Å². The standard InChI is InChI=1S/C16H23N3OS/c1-10(2)19(4)8-7-18-16(20)15-14(17)12-9-11(3)5-6-13(12)21-15/h5-6,9-10H,7-8,17H2,1-4H3,(H,18,20). The normalized spacial score (nSPS) is 11.5. The molecular weight excluding hydrogens is 282 g/mol. The maximum atomic E-state index is 12.3. The van der Waals surface area contributed by atoms with Crippen molar-refractivity contribution in [3.63, 3.8) is 0 Å². The van der Waals surface area contributed by atoms with E-state index in [4.69, 9.17) is 5.73 Å². The molecule has 3 N–H and O–H groups in total. The summed E-state index contributed by atoms with van der Waals surface area (Å²) in [5.41, 5.74) is 7.87. The predicted molar refractivity (Wildman–Crippen MR) is 91.1 cm³/mol. The number of benzene rings is 1. The Bertz CT molecular complexity index is 648. The van der Waals surface area contributed by atoms with E-state index in [1.807, 2.05) is 32.2 Å². The summed E-state index contributed by atoms with van der Waals surface area (Å²) in [5.74, 6) is -0.0801. The monoisotopic (exact) mass is 305 g/mol. The summed E-state index contributed by atoms with van der Waals surface area (Å²) in [6.07, 6.45) is 0. The molecule has 0 saturated heterocycles. The zero-order valence-corrected chi connectivity index (χ0v) is 13.9. The summed E-state index contributed by atoms with van der Waals surface area (Å²) in [6, 6.07) is 6.57. The van der Waals surface area contributed by atoms with E-state index in [1.165, 1.54) is 11.3 Å². The minimum atomic E-state index is -0.0801. The highest BCUT2D eigenvalue weighted by molar-refractivity contribution is 7.21. The van der Waals surface area contributed by atoms with Gasteiger partial charge in [-0.05, 0) is 40.0 Å². The number of hydrogen-bond donors (Lipinski definition) is 2. The van der Waals surface area contributed by atoms with Crippen LogP contribution in [0.2, 0.25) is 0 Å². The number of fused-ring (bicyclic) bond motifs is 1. The highest BCUT2D eigenvalue weighted by Gasteiger charge is 2.16. The van der Waals surface area contributed by atoms with Gasteiger partial charge in [-0.25, -0.2) is 0 Å². The molecule has 0 aliphatic rings. The molecule has 0 aliphatic carbocycles. The summed E-state index contributed by atoms with van der Waals surface area (Å²) >= 11 is 1.46. The van der Waals surface area contributed by atoms with Gasteiger partial charge in [-0.15, -0.1) is 11.3 Å². The van der Waals surface area contributed by atoms with Crippen molar-refractivity contribution in [2.45, 2.75) is 26.8 Å². The highest BCUT2D eigenvalue weighted by Crippen LogP contribution is 2.34. The Morgan fingerprint density at radius 1 is 1.43 bits per heavy atom. The highest BCUT2D eigenvalue weighted by atomic mass is 32.1. The number of thiophene rings is 1. The number of aryl methyl sites for hydroxylation is 1. The number of likely N-dealkylation sites (N-methyl/N-ethyl adjacent to an activating group) is 1. The molecule has 2 rings (SSSR count). The van der Waals surface area contributed by atoms with Crippen LogP contribution >= 0.6 is 11.3 Å². The van der Waals surface area contributed by atoms with E-state index < -0.39 is 0 Å². The van der Waals surface area contributed by atoms with Crippen LogP contribution in [0.1, 0.15) is 29.1 Å². The van der Waals surface area contributed by atoms with Gasteiger partial charge in [0.2, 0.25) is 0 Å². The van der Waals surface area contributed by atoms with Gasteiger partial charge in [-0.2, -0.15) is 0 Å². The SMILES string of the molecule is Cc1ccc2sc(C(=O)NCCN(C)C(C)C)c(N)c2c1. The predicted octanol–water partition coefficient (Wildman–Crippen LogP) is 2.86. The van der Waals surface area contributed by atoms with E-state index in [0.717, 1.165) is 22.2 Å². The van der Waals surface area contributed by atoms with Gasteiger partial charge >= 0.3 is 0 Å². The third kappa shape index (κ3) is 3.54. The van der Waals surface area contributed by atoms with Crippen molar-refractivity contribution < 1.29 is 4.79 Å². The molecule has 0 spiro atoms. The number of nitrogen functional groups attached to an aromatic ring is 1. The largest absolute Gasteiger partial charge is 0.397 e. The van der Waals surface area contributed by atoms with Crippen LogP contribution in [-0.4, -0.2) is 37.0 Å². The first-order chi connectivity index (χ1) is 9.90. The third-order valence-corrected chi connectivity index (χ3v) is 4.91. The van der Waals surface area contributed by atoms with Gasteiger partial charge < -0.3 is 16.0 Å². The second-order valence-electron chi connectivity index (χ2n) is 5.67. The van der Waals surface area contributed by atoms with Gasteiger partial charge in [0.25, 0.3) is 5.91 Å². The summed E-state index contributed by atoms with van der Waals surface area (Å²) in [6.45, 7) is 7.74. The lowest BCUT2D eigenvalue weighted by molar-refractivity contribution is 0.0953. The molecule has 0 saturated carbocycles. The average molecular weight is 305 g/mol. The number of nitrogens with zero attached hydrogens (tertiary/aromatic N) is 1. The third-order valence-electron chi connectivity index (χ3n) is 3.72. The lowest BCUT2D eigenvalue weighted by Gasteiger charge is -2.20. The fourth-order valence-corrected chi connectivity index (χ4v) is 3.10. The van der Waals surface area contributed by atoms with E-state index in [9.17, 15) is 4.79 Å². The van der Waals surface area contributed by atoms with E-state index in [2.05, 4.69) is 24.1 Å². The van der Waals surface area contributed by atoms with Crippen molar-refractivity contribution in [3.05, 3.63) is 28.6 Å². The lowest BCUT2D eigenvalue weighted by atomic mass is 10.1. The fraction of sp³-hybridized carbons (Fsp3) is 0.438. The molecular formula is C16H23N3OS. The molecule has 114 valence electrons. The van der Waals surface area contributed by atoms with Gasteiger partial charge in [0, 0.05) is 29.2 Å². The molecule has 0 unspecified atom stereocenters. The van der Waals surface area contributed by atoms with Crippen molar-refractivity contribution >= 4 is 33.0 Å². The van der Waals surface area contributed by atoms with Crippen LogP contribution in [-0.2, 0) is 0 Å². The quantitative estimate of drug-likeness (QED) is 0.893. The van der Waals surface area contributed by atoms with Crippen LogP contribution in [0.25, 0.3) is 10.1 Å². The second kappa shape index (κ2) is 6.45. The molecule has 21 heavy (non-hydrogen) atoms. The van der Waals surface area contributed by atoms with Crippen molar-refractivity contribution in [2.75, 3.05) is 25.9 Å². The number of nitrogens with one attached hydrogen (secondary N) is 1. The smallest absolute Gasteiger partial charge is 0.263 e. The van der Waals surface area contributed by atoms with Gasteiger partial charge in [0.05, 0.1) is 5.69 Å². The van der Waals surface area contributed by atoms with Gasteiger partial charge in [-0.1, -0.05) is 11.6 Å². The number of anilines is 1. The number of carbonyl (C=O) groups excluding carboxylic acids is 1. The molecule has 0 fully saturated rings. The van der Waals surface area contributed by atoms with Crippen LogP contribution in [0.3, 0.4) is 0 Å². The molecule has 0 bridgehead atoms. The first-order valence-electron chi connectivity index (χ1n) is 7.17. The molecule has 2 aromatic rings. The van der Waals surface area contributed by atoms with Gasteiger partial charge in [0.15, 0.2) is 0 Å². The Morgan fingerprint density at radius 3 is 2.81 bits per heavy atom. The molecule has 0 aliphatic heterocycles. The van der Waals surface area contributed by atoms with Crippen LogP contribution in [0.5, 0.6) is 0 Å². The average Bonchev–Trinajstić information content (AvgIpc) is 2.75. The van der Waals surface area contributed by atoms with Crippen molar-refractivity contribution in [3.8, 4) is 0 Å². The second-order valence-corrected chi connectivity index (χ2v) is 6.73.